The van der Waals surface area contributed by atoms with E-state index in [2.05, 4.69) is 4.72 Å². The molecular formula is C10H10ClNO3S3. The molecule has 4 nitrogen and oxygen atoms in total. The van der Waals surface area contributed by atoms with Crippen molar-refractivity contribution in [1.82, 2.24) is 4.72 Å². The predicted octanol–water partition coefficient (Wildman–Crippen LogP) is 2.47. The molecule has 2 rings (SSSR count). The lowest BCUT2D eigenvalue weighted by atomic mass is 10.3. The number of rotatable bonds is 5. The van der Waals surface area contributed by atoms with Gasteiger partial charge in [0.25, 0.3) is 0 Å². The number of aliphatic hydroxyl groups is 1. The number of halogens is 1. The molecule has 0 fully saturated rings. The number of thiophene rings is 2. The topological polar surface area (TPSA) is 66.4 Å². The molecule has 0 aromatic carbocycles. The van der Waals surface area contributed by atoms with Crippen LogP contribution in [0.2, 0.25) is 4.34 Å². The standard InChI is InChI=1S/C10H10ClNO3S3/c11-9-3-4-10(17-9)18(14,15)12-6-7(13)8-2-1-5-16-8/h1-5,7,12-13H,6H2. The fourth-order valence-electron chi connectivity index (χ4n) is 1.28. The van der Waals surface area contributed by atoms with Gasteiger partial charge in [-0.1, -0.05) is 17.7 Å². The largest absolute Gasteiger partial charge is 0.386 e. The average molecular weight is 324 g/mol. The van der Waals surface area contributed by atoms with Gasteiger partial charge >= 0.3 is 0 Å². The lowest BCUT2D eigenvalue weighted by Crippen LogP contribution is -2.27. The van der Waals surface area contributed by atoms with Crippen molar-refractivity contribution in [1.29, 1.82) is 0 Å². The van der Waals surface area contributed by atoms with E-state index in [-0.39, 0.29) is 10.8 Å². The molecule has 0 spiro atoms. The fraction of sp³-hybridized carbons (Fsp3) is 0.200. The molecule has 1 unspecified atom stereocenters. The molecule has 2 aromatic rings. The maximum Gasteiger partial charge on any atom is 0.250 e. The van der Waals surface area contributed by atoms with Crippen molar-refractivity contribution in [3.63, 3.8) is 0 Å². The van der Waals surface area contributed by atoms with E-state index < -0.39 is 16.1 Å². The third-order valence-corrected chi connectivity index (χ3v) is 6.27. The maximum absolute atomic E-state index is 11.9. The van der Waals surface area contributed by atoms with Crippen LogP contribution in [0.5, 0.6) is 0 Å². The van der Waals surface area contributed by atoms with E-state index in [0.29, 0.717) is 4.34 Å². The van der Waals surface area contributed by atoms with Gasteiger partial charge < -0.3 is 5.11 Å². The summed E-state index contributed by atoms with van der Waals surface area (Å²) >= 11 is 8.05. The van der Waals surface area contributed by atoms with E-state index in [1.807, 2.05) is 5.38 Å². The normalized spacial score (nSPS) is 13.7. The van der Waals surface area contributed by atoms with Crippen LogP contribution in [0.25, 0.3) is 0 Å². The quantitative estimate of drug-likeness (QED) is 0.888. The minimum absolute atomic E-state index is 0.0572. The lowest BCUT2D eigenvalue weighted by Gasteiger charge is -2.09. The van der Waals surface area contributed by atoms with Gasteiger partial charge in [0.2, 0.25) is 10.0 Å². The van der Waals surface area contributed by atoms with Gasteiger partial charge in [-0.15, -0.1) is 22.7 Å². The number of nitrogens with one attached hydrogen (secondary N) is 1. The SMILES string of the molecule is O=S(=O)(NCC(O)c1cccs1)c1ccc(Cl)s1. The van der Waals surface area contributed by atoms with Gasteiger partial charge in [-0.05, 0) is 23.6 Å². The van der Waals surface area contributed by atoms with E-state index in [1.165, 1.54) is 23.5 Å². The fourth-order valence-corrected chi connectivity index (χ4v) is 4.56. The first-order chi connectivity index (χ1) is 8.49. The highest BCUT2D eigenvalue weighted by Crippen LogP contribution is 2.25. The van der Waals surface area contributed by atoms with Crippen molar-refractivity contribution in [2.45, 2.75) is 10.3 Å². The zero-order chi connectivity index (χ0) is 13.2. The van der Waals surface area contributed by atoms with Crippen LogP contribution in [0, 0.1) is 0 Å². The highest BCUT2D eigenvalue weighted by molar-refractivity contribution is 7.91. The summed E-state index contributed by atoms with van der Waals surface area (Å²) in [5, 5.41) is 11.6. The van der Waals surface area contributed by atoms with E-state index >= 15 is 0 Å². The van der Waals surface area contributed by atoms with Gasteiger partial charge in [-0.3, -0.25) is 0 Å². The molecule has 1 atom stereocenters. The molecule has 2 heterocycles. The van der Waals surface area contributed by atoms with Gasteiger partial charge in [-0.25, -0.2) is 13.1 Å². The Kier molecular flexibility index (Phi) is 4.41. The third-order valence-electron chi connectivity index (χ3n) is 2.15. The van der Waals surface area contributed by atoms with E-state index in [0.717, 1.165) is 16.2 Å². The highest BCUT2D eigenvalue weighted by atomic mass is 35.5. The van der Waals surface area contributed by atoms with Crippen LogP contribution in [-0.2, 0) is 10.0 Å². The molecule has 0 radical (unpaired) electrons. The molecule has 98 valence electrons. The van der Waals surface area contributed by atoms with Gasteiger partial charge in [0.1, 0.15) is 10.3 Å². The summed E-state index contributed by atoms with van der Waals surface area (Å²) in [5.41, 5.74) is 0. The molecule has 0 aliphatic rings. The first-order valence-electron chi connectivity index (χ1n) is 4.95. The van der Waals surface area contributed by atoms with Crippen LogP contribution in [-0.4, -0.2) is 20.1 Å². The second kappa shape index (κ2) is 5.68. The molecule has 0 aliphatic heterocycles. The van der Waals surface area contributed by atoms with Crippen LogP contribution >= 0.6 is 34.3 Å². The van der Waals surface area contributed by atoms with Crippen molar-refractivity contribution >= 4 is 44.3 Å². The molecule has 18 heavy (non-hydrogen) atoms. The third kappa shape index (κ3) is 3.31. The Morgan fingerprint density at radius 2 is 2.17 bits per heavy atom. The minimum atomic E-state index is -3.60. The van der Waals surface area contributed by atoms with Crippen LogP contribution < -0.4 is 4.72 Å². The van der Waals surface area contributed by atoms with Crippen molar-refractivity contribution in [3.8, 4) is 0 Å². The number of hydrogen-bond acceptors (Lipinski definition) is 5. The molecule has 0 aliphatic carbocycles. The van der Waals surface area contributed by atoms with Crippen molar-refractivity contribution in [2.24, 2.45) is 0 Å². The average Bonchev–Trinajstić information content (AvgIpc) is 2.96. The zero-order valence-corrected chi connectivity index (χ0v) is 12.2. The van der Waals surface area contributed by atoms with Crippen LogP contribution in [0.3, 0.4) is 0 Å². The van der Waals surface area contributed by atoms with Crippen molar-refractivity contribution in [2.75, 3.05) is 6.54 Å². The molecular weight excluding hydrogens is 314 g/mol. The smallest absolute Gasteiger partial charge is 0.250 e. The minimum Gasteiger partial charge on any atom is -0.386 e. The Balaban J connectivity index is 2.02. The number of hydrogen-bond donors (Lipinski definition) is 2. The second-order valence-corrected chi connectivity index (χ2v) is 8.13. The molecule has 0 saturated carbocycles. The number of sulfonamides is 1. The summed E-state index contributed by atoms with van der Waals surface area (Å²) in [6.45, 7) is -0.0572. The summed E-state index contributed by atoms with van der Waals surface area (Å²) in [4.78, 5) is 0.724. The monoisotopic (exact) mass is 323 g/mol. The van der Waals surface area contributed by atoms with Gasteiger partial charge in [-0.2, -0.15) is 0 Å². The van der Waals surface area contributed by atoms with Crippen LogP contribution in [0.15, 0.2) is 33.9 Å². The molecule has 0 amide bonds. The first-order valence-corrected chi connectivity index (χ1v) is 8.51. The van der Waals surface area contributed by atoms with Crippen LogP contribution in [0.4, 0.5) is 0 Å². The van der Waals surface area contributed by atoms with Gasteiger partial charge in [0, 0.05) is 11.4 Å². The number of aliphatic hydroxyl groups excluding tert-OH is 1. The van der Waals surface area contributed by atoms with Gasteiger partial charge in [0.15, 0.2) is 0 Å². The summed E-state index contributed by atoms with van der Waals surface area (Å²) in [7, 11) is -3.60. The molecule has 8 heteroatoms. The summed E-state index contributed by atoms with van der Waals surface area (Å²) in [6, 6.07) is 6.52. The summed E-state index contributed by atoms with van der Waals surface area (Å²) in [6.07, 6.45) is -0.838. The van der Waals surface area contributed by atoms with E-state index in [1.54, 1.807) is 12.1 Å². The molecule has 0 saturated heterocycles. The predicted molar refractivity (Wildman–Crippen MR) is 73.8 cm³/mol. The zero-order valence-electron chi connectivity index (χ0n) is 9.04. The summed E-state index contributed by atoms with van der Waals surface area (Å²) in [5.74, 6) is 0. The Morgan fingerprint density at radius 1 is 1.39 bits per heavy atom. The van der Waals surface area contributed by atoms with Gasteiger partial charge in [0.05, 0.1) is 4.34 Å². The van der Waals surface area contributed by atoms with E-state index in [9.17, 15) is 13.5 Å². The Bertz CT molecular complexity index is 606. The van der Waals surface area contributed by atoms with Crippen molar-refractivity contribution < 1.29 is 13.5 Å². The molecule has 0 bridgehead atoms. The summed E-state index contributed by atoms with van der Waals surface area (Å²) < 4.78 is 26.6. The molecule has 2 N–H and O–H groups in total. The Hall–Kier alpha value is -0.440. The Morgan fingerprint density at radius 3 is 2.72 bits per heavy atom. The van der Waals surface area contributed by atoms with Crippen molar-refractivity contribution in [3.05, 3.63) is 38.9 Å². The highest BCUT2D eigenvalue weighted by Gasteiger charge is 2.18. The van der Waals surface area contributed by atoms with Crippen LogP contribution in [0.1, 0.15) is 11.0 Å². The lowest BCUT2D eigenvalue weighted by molar-refractivity contribution is 0.186. The maximum atomic E-state index is 11.9. The van der Waals surface area contributed by atoms with E-state index in [4.69, 9.17) is 11.6 Å². The Labute approximate surface area is 118 Å². The first kappa shape index (κ1) is 14.0. The second-order valence-electron chi connectivity index (χ2n) is 3.44. The molecule has 2 aromatic heterocycles.